The summed E-state index contributed by atoms with van der Waals surface area (Å²) in [6.45, 7) is 2.07. The van der Waals surface area contributed by atoms with Crippen molar-refractivity contribution in [2.45, 2.75) is 26.2 Å². The average molecular weight is 98.1 g/mol. The van der Waals surface area contributed by atoms with Crippen LogP contribution in [0.2, 0.25) is 0 Å². The van der Waals surface area contributed by atoms with Crippen molar-refractivity contribution >= 4 is 0 Å². The van der Waals surface area contributed by atoms with Crippen LogP contribution in [0.15, 0.2) is 11.3 Å². The fraction of sp³-hybridized carbons (Fsp3) is 0.667. The van der Waals surface area contributed by atoms with Gasteiger partial charge in [-0.25, -0.2) is 0 Å². The number of aliphatic hydroxyl groups excluding tert-OH is 1. The smallest absolute Gasteiger partial charge is 0.0917 e. The topological polar surface area (TPSA) is 20.2 Å². The highest BCUT2D eigenvalue weighted by Gasteiger charge is 2.12. The van der Waals surface area contributed by atoms with E-state index < -0.39 is 0 Å². The molecular formula is C6H10O. The van der Waals surface area contributed by atoms with Crippen LogP contribution in [-0.2, 0) is 0 Å². The third kappa shape index (κ3) is 0.625. The summed E-state index contributed by atoms with van der Waals surface area (Å²) in [5.41, 5.74) is 1.25. The Balaban J connectivity index is 2.53. The molecule has 0 saturated heterocycles. The summed E-state index contributed by atoms with van der Waals surface area (Å²) in [5.74, 6) is 0.641. The van der Waals surface area contributed by atoms with Crippen LogP contribution in [0.4, 0.5) is 0 Å². The zero-order chi connectivity index (χ0) is 5.28. The number of allylic oxidation sites excluding steroid dienone is 2. The van der Waals surface area contributed by atoms with E-state index >= 15 is 0 Å². The fourth-order valence-electron chi connectivity index (χ4n) is 0.794. The summed E-state index contributed by atoms with van der Waals surface area (Å²) in [4.78, 5) is 0. The summed E-state index contributed by atoms with van der Waals surface area (Å²) in [7, 11) is 0. The molecule has 0 aliphatic heterocycles. The molecule has 1 N–H and O–H groups in total. The summed E-state index contributed by atoms with van der Waals surface area (Å²) < 4.78 is 0. The first-order chi connectivity index (χ1) is 3.34. The zero-order valence-corrected chi connectivity index (χ0v) is 4.57. The van der Waals surface area contributed by atoms with Crippen molar-refractivity contribution < 1.29 is 5.11 Å². The molecule has 0 amide bonds. The lowest BCUT2D eigenvalue weighted by molar-refractivity contribution is 0.347. The molecule has 0 bridgehead atoms. The maximum Gasteiger partial charge on any atom is 0.0917 e. The van der Waals surface area contributed by atoms with Gasteiger partial charge in [-0.2, -0.15) is 0 Å². The molecular weight excluding hydrogens is 88.1 g/mol. The van der Waals surface area contributed by atoms with E-state index in [1.807, 2.05) is 0 Å². The van der Waals surface area contributed by atoms with E-state index in [1.165, 1.54) is 5.57 Å². The Morgan fingerprint density at radius 3 is 2.29 bits per heavy atom. The van der Waals surface area contributed by atoms with Gasteiger partial charge in [-0.05, 0) is 18.4 Å². The monoisotopic (exact) mass is 98.1 g/mol. The van der Waals surface area contributed by atoms with Gasteiger partial charge in [0.25, 0.3) is 0 Å². The maximum atomic E-state index is 8.79. The number of hydrogen-bond acceptors (Lipinski definition) is 1. The molecule has 1 rings (SSSR count). The number of aliphatic hydroxyl groups is 1. The van der Waals surface area contributed by atoms with Crippen molar-refractivity contribution in [3.8, 4) is 0 Å². The molecule has 0 aromatic rings. The normalized spacial score (nSPS) is 19.6. The Hall–Kier alpha value is -0.460. The van der Waals surface area contributed by atoms with Crippen molar-refractivity contribution in [1.29, 1.82) is 0 Å². The molecule has 1 aliphatic rings. The lowest BCUT2D eigenvalue weighted by atomic mass is 9.94. The quantitative estimate of drug-likeness (QED) is 0.531. The minimum absolute atomic E-state index is 0.641. The van der Waals surface area contributed by atoms with Gasteiger partial charge in [-0.3, -0.25) is 0 Å². The SMILES string of the molecule is CCC1=C(O)CC1. The molecule has 0 radical (unpaired) electrons. The molecule has 0 aromatic carbocycles. The van der Waals surface area contributed by atoms with E-state index in [0.29, 0.717) is 5.76 Å². The second-order valence-electron chi connectivity index (χ2n) is 1.90. The minimum Gasteiger partial charge on any atom is -0.512 e. The number of rotatable bonds is 1. The summed E-state index contributed by atoms with van der Waals surface area (Å²) in [6.07, 6.45) is 3.08. The molecule has 0 fully saturated rings. The van der Waals surface area contributed by atoms with E-state index in [4.69, 9.17) is 5.11 Å². The van der Waals surface area contributed by atoms with Gasteiger partial charge in [0, 0.05) is 6.42 Å². The van der Waals surface area contributed by atoms with Gasteiger partial charge in [0.15, 0.2) is 0 Å². The lowest BCUT2D eigenvalue weighted by Gasteiger charge is -2.16. The highest BCUT2D eigenvalue weighted by atomic mass is 16.3. The van der Waals surface area contributed by atoms with E-state index in [0.717, 1.165) is 19.3 Å². The molecule has 0 unspecified atom stereocenters. The first kappa shape index (κ1) is 4.69. The molecule has 1 nitrogen and oxygen atoms in total. The van der Waals surface area contributed by atoms with Crippen molar-refractivity contribution in [1.82, 2.24) is 0 Å². The molecule has 40 valence electrons. The van der Waals surface area contributed by atoms with Crippen molar-refractivity contribution in [3.05, 3.63) is 11.3 Å². The maximum absolute atomic E-state index is 8.79. The third-order valence-electron chi connectivity index (χ3n) is 1.50. The lowest BCUT2D eigenvalue weighted by Crippen LogP contribution is -2.01. The van der Waals surface area contributed by atoms with Crippen LogP contribution in [0.3, 0.4) is 0 Å². The highest BCUT2D eigenvalue weighted by molar-refractivity contribution is 5.17. The second-order valence-corrected chi connectivity index (χ2v) is 1.90. The Kier molecular flexibility index (Phi) is 1.05. The predicted molar refractivity (Wildman–Crippen MR) is 29.2 cm³/mol. The summed E-state index contributed by atoms with van der Waals surface area (Å²) >= 11 is 0. The Morgan fingerprint density at radius 2 is 2.29 bits per heavy atom. The largest absolute Gasteiger partial charge is 0.512 e. The molecule has 1 aliphatic carbocycles. The van der Waals surface area contributed by atoms with Gasteiger partial charge >= 0.3 is 0 Å². The Labute approximate surface area is 43.7 Å². The van der Waals surface area contributed by atoms with Crippen LogP contribution in [0.5, 0.6) is 0 Å². The molecule has 0 aromatic heterocycles. The first-order valence-electron chi connectivity index (χ1n) is 2.74. The van der Waals surface area contributed by atoms with Gasteiger partial charge in [0.1, 0.15) is 0 Å². The molecule has 7 heavy (non-hydrogen) atoms. The standard InChI is InChI=1S/C6H10O/c1-2-5-3-4-6(5)7/h7H,2-4H2,1H3. The van der Waals surface area contributed by atoms with Crippen LogP contribution in [-0.4, -0.2) is 5.11 Å². The average Bonchev–Trinajstić information content (AvgIpc) is 1.65. The van der Waals surface area contributed by atoms with Crippen LogP contribution in [0.1, 0.15) is 26.2 Å². The molecule has 0 saturated carbocycles. The molecule has 0 heterocycles. The Morgan fingerprint density at radius 1 is 1.57 bits per heavy atom. The van der Waals surface area contributed by atoms with Gasteiger partial charge in [0.05, 0.1) is 5.76 Å². The van der Waals surface area contributed by atoms with Crippen LogP contribution >= 0.6 is 0 Å². The van der Waals surface area contributed by atoms with Gasteiger partial charge in [-0.15, -0.1) is 0 Å². The molecule has 0 spiro atoms. The fourth-order valence-corrected chi connectivity index (χ4v) is 0.794. The number of hydrogen-bond donors (Lipinski definition) is 1. The summed E-state index contributed by atoms with van der Waals surface area (Å²) in [6, 6.07) is 0. The van der Waals surface area contributed by atoms with Crippen LogP contribution in [0.25, 0.3) is 0 Å². The summed E-state index contributed by atoms with van der Waals surface area (Å²) in [5, 5.41) is 8.79. The van der Waals surface area contributed by atoms with E-state index in [2.05, 4.69) is 6.92 Å². The van der Waals surface area contributed by atoms with Crippen molar-refractivity contribution in [3.63, 3.8) is 0 Å². The molecule has 1 heteroatoms. The van der Waals surface area contributed by atoms with Gasteiger partial charge in [0.2, 0.25) is 0 Å². The van der Waals surface area contributed by atoms with Crippen molar-refractivity contribution in [2.24, 2.45) is 0 Å². The highest BCUT2D eigenvalue weighted by Crippen LogP contribution is 2.27. The van der Waals surface area contributed by atoms with E-state index in [-0.39, 0.29) is 0 Å². The van der Waals surface area contributed by atoms with Gasteiger partial charge in [-0.1, -0.05) is 6.92 Å². The Bertz CT molecular complexity index is 103. The van der Waals surface area contributed by atoms with E-state index in [9.17, 15) is 0 Å². The predicted octanol–water partition coefficient (Wildman–Crippen LogP) is 2.00. The van der Waals surface area contributed by atoms with Crippen molar-refractivity contribution in [2.75, 3.05) is 0 Å². The third-order valence-corrected chi connectivity index (χ3v) is 1.50. The van der Waals surface area contributed by atoms with Crippen LogP contribution < -0.4 is 0 Å². The second kappa shape index (κ2) is 1.57. The van der Waals surface area contributed by atoms with Crippen LogP contribution in [0, 0.1) is 0 Å². The van der Waals surface area contributed by atoms with Gasteiger partial charge < -0.3 is 5.11 Å². The zero-order valence-electron chi connectivity index (χ0n) is 4.57. The van der Waals surface area contributed by atoms with E-state index in [1.54, 1.807) is 0 Å². The first-order valence-corrected chi connectivity index (χ1v) is 2.74. The molecule has 0 atom stereocenters. The minimum atomic E-state index is 0.641.